The fourth-order valence-electron chi connectivity index (χ4n) is 2.86. The number of nitrogens with one attached hydrogen (secondary N) is 1. The fraction of sp³-hybridized carbons (Fsp3) is 0.294. The summed E-state index contributed by atoms with van der Waals surface area (Å²) in [6.45, 7) is 2.02. The zero-order valence-electron chi connectivity index (χ0n) is 12.4. The average Bonchev–Trinajstić information content (AvgIpc) is 2.83. The Kier molecular flexibility index (Phi) is 4.04. The quantitative estimate of drug-likeness (QED) is 0.908. The van der Waals surface area contributed by atoms with Gasteiger partial charge in [-0.3, -0.25) is 0 Å². The molecule has 1 aliphatic rings. The molecule has 2 aromatic rings. The standard InChI is InChI=1S/C17H19NO3S/c1-2-12-7-9-14(10-8-12)22(20,21)18-17-15-6-4-3-5-13(15)11-16(17)19/h3-10,16-19H,2,11H2,1H3/t16-,17-/m1/s1. The van der Waals surface area contributed by atoms with Crippen LogP contribution in [-0.4, -0.2) is 19.6 Å². The maximum absolute atomic E-state index is 12.5. The van der Waals surface area contributed by atoms with E-state index in [1.807, 2.05) is 43.3 Å². The number of hydrogen-bond donors (Lipinski definition) is 2. The second kappa shape index (κ2) is 5.83. The van der Waals surface area contributed by atoms with Gasteiger partial charge in [0.2, 0.25) is 10.0 Å². The first kappa shape index (κ1) is 15.2. The van der Waals surface area contributed by atoms with Gasteiger partial charge in [-0.25, -0.2) is 13.1 Å². The molecule has 2 atom stereocenters. The van der Waals surface area contributed by atoms with Crippen LogP contribution >= 0.6 is 0 Å². The average molecular weight is 317 g/mol. The highest BCUT2D eigenvalue weighted by molar-refractivity contribution is 7.89. The van der Waals surface area contributed by atoms with E-state index >= 15 is 0 Å². The van der Waals surface area contributed by atoms with Crippen molar-refractivity contribution < 1.29 is 13.5 Å². The predicted octanol–water partition coefficient (Wildman–Crippen LogP) is 2.19. The Morgan fingerprint density at radius 1 is 1.14 bits per heavy atom. The third kappa shape index (κ3) is 2.79. The highest BCUT2D eigenvalue weighted by Gasteiger charge is 2.34. The number of rotatable bonds is 4. The molecular weight excluding hydrogens is 298 g/mol. The third-order valence-corrected chi connectivity index (χ3v) is 5.59. The van der Waals surface area contributed by atoms with Crippen LogP contribution in [0.3, 0.4) is 0 Å². The molecular formula is C17H19NO3S. The Morgan fingerprint density at radius 3 is 2.50 bits per heavy atom. The number of aryl methyl sites for hydroxylation is 1. The van der Waals surface area contributed by atoms with Gasteiger partial charge < -0.3 is 5.11 Å². The van der Waals surface area contributed by atoms with E-state index in [9.17, 15) is 13.5 Å². The van der Waals surface area contributed by atoms with Gasteiger partial charge >= 0.3 is 0 Å². The number of aliphatic hydroxyl groups excluding tert-OH is 1. The minimum absolute atomic E-state index is 0.223. The Bertz CT molecular complexity index is 769. The van der Waals surface area contributed by atoms with Crippen LogP contribution in [0.5, 0.6) is 0 Å². The molecule has 116 valence electrons. The Hall–Kier alpha value is -1.69. The van der Waals surface area contributed by atoms with E-state index in [4.69, 9.17) is 0 Å². The summed E-state index contributed by atoms with van der Waals surface area (Å²) in [4.78, 5) is 0.223. The predicted molar refractivity (Wildman–Crippen MR) is 85.0 cm³/mol. The summed E-state index contributed by atoms with van der Waals surface area (Å²) in [7, 11) is -3.65. The van der Waals surface area contributed by atoms with Gasteiger partial charge in [0.15, 0.2) is 0 Å². The largest absolute Gasteiger partial charge is 0.391 e. The van der Waals surface area contributed by atoms with Crippen LogP contribution in [0.15, 0.2) is 53.4 Å². The summed E-state index contributed by atoms with van der Waals surface area (Å²) in [6, 6.07) is 13.8. The Labute approximate surface area is 130 Å². The smallest absolute Gasteiger partial charge is 0.241 e. The molecule has 0 radical (unpaired) electrons. The summed E-state index contributed by atoms with van der Waals surface area (Å²) >= 11 is 0. The van der Waals surface area contributed by atoms with Gasteiger partial charge in [0.1, 0.15) is 0 Å². The van der Waals surface area contributed by atoms with Crippen LogP contribution in [0.4, 0.5) is 0 Å². The summed E-state index contributed by atoms with van der Waals surface area (Å²) < 4.78 is 27.7. The van der Waals surface area contributed by atoms with Gasteiger partial charge in [-0.2, -0.15) is 0 Å². The lowest BCUT2D eigenvalue weighted by Crippen LogP contribution is -2.33. The Balaban J connectivity index is 1.88. The molecule has 0 aliphatic heterocycles. The summed E-state index contributed by atoms with van der Waals surface area (Å²) in [5.74, 6) is 0. The molecule has 0 heterocycles. The van der Waals surface area contributed by atoms with Crippen LogP contribution < -0.4 is 4.72 Å². The molecule has 0 aromatic heterocycles. The summed E-state index contributed by atoms with van der Waals surface area (Å²) in [5, 5.41) is 10.2. The van der Waals surface area contributed by atoms with Crippen molar-refractivity contribution >= 4 is 10.0 Å². The number of benzene rings is 2. The van der Waals surface area contributed by atoms with Crippen molar-refractivity contribution in [2.24, 2.45) is 0 Å². The zero-order chi connectivity index (χ0) is 15.7. The maximum Gasteiger partial charge on any atom is 0.241 e. The molecule has 22 heavy (non-hydrogen) atoms. The zero-order valence-corrected chi connectivity index (χ0v) is 13.2. The molecule has 3 rings (SSSR count). The second-order valence-corrected chi connectivity index (χ2v) is 7.28. The topological polar surface area (TPSA) is 66.4 Å². The van der Waals surface area contributed by atoms with E-state index in [1.165, 1.54) is 0 Å². The van der Waals surface area contributed by atoms with Crippen molar-refractivity contribution in [3.05, 3.63) is 65.2 Å². The molecule has 0 fully saturated rings. The van der Waals surface area contributed by atoms with Crippen LogP contribution in [0.2, 0.25) is 0 Å². The van der Waals surface area contributed by atoms with Gasteiger partial charge in [0.05, 0.1) is 17.0 Å². The van der Waals surface area contributed by atoms with E-state index in [0.717, 1.165) is 23.1 Å². The third-order valence-electron chi connectivity index (χ3n) is 4.13. The van der Waals surface area contributed by atoms with Crippen molar-refractivity contribution in [3.8, 4) is 0 Å². The highest BCUT2D eigenvalue weighted by atomic mass is 32.2. The lowest BCUT2D eigenvalue weighted by atomic mass is 10.1. The van der Waals surface area contributed by atoms with Crippen LogP contribution in [0.25, 0.3) is 0 Å². The molecule has 2 N–H and O–H groups in total. The number of hydrogen-bond acceptors (Lipinski definition) is 3. The molecule has 1 aliphatic carbocycles. The minimum atomic E-state index is -3.65. The van der Waals surface area contributed by atoms with E-state index < -0.39 is 22.2 Å². The molecule has 0 spiro atoms. The van der Waals surface area contributed by atoms with Crippen molar-refractivity contribution in [1.82, 2.24) is 4.72 Å². The van der Waals surface area contributed by atoms with Gasteiger partial charge in [0.25, 0.3) is 0 Å². The van der Waals surface area contributed by atoms with Crippen molar-refractivity contribution in [1.29, 1.82) is 0 Å². The first-order valence-electron chi connectivity index (χ1n) is 7.38. The second-order valence-electron chi connectivity index (χ2n) is 5.57. The number of sulfonamides is 1. The van der Waals surface area contributed by atoms with Crippen LogP contribution in [-0.2, 0) is 22.9 Å². The van der Waals surface area contributed by atoms with E-state index in [1.54, 1.807) is 12.1 Å². The number of fused-ring (bicyclic) bond motifs is 1. The van der Waals surface area contributed by atoms with Gasteiger partial charge in [0, 0.05) is 6.42 Å². The lowest BCUT2D eigenvalue weighted by molar-refractivity contribution is 0.151. The fourth-order valence-corrected chi connectivity index (χ4v) is 4.10. The normalized spacial score (nSPS) is 20.8. The molecule has 0 bridgehead atoms. The highest BCUT2D eigenvalue weighted by Crippen LogP contribution is 2.32. The van der Waals surface area contributed by atoms with E-state index in [0.29, 0.717) is 6.42 Å². The van der Waals surface area contributed by atoms with E-state index in [-0.39, 0.29) is 4.90 Å². The van der Waals surface area contributed by atoms with Gasteiger partial charge in [-0.05, 0) is 35.2 Å². The van der Waals surface area contributed by atoms with Crippen LogP contribution in [0.1, 0.15) is 29.7 Å². The lowest BCUT2D eigenvalue weighted by Gasteiger charge is -2.18. The first-order chi connectivity index (χ1) is 10.5. The van der Waals surface area contributed by atoms with Crippen molar-refractivity contribution in [2.45, 2.75) is 36.8 Å². The molecule has 2 aromatic carbocycles. The monoisotopic (exact) mass is 317 g/mol. The molecule has 5 heteroatoms. The molecule has 0 unspecified atom stereocenters. The molecule has 4 nitrogen and oxygen atoms in total. The first-order valence-corrected chi connectivity index (χ1v) is 8.86. The van der Waals surface area contributed by atoms with Crippen molar-refractivity contribution in [2.75, 3.05) is 0 Å². The maximum atomic E-state index is 12.5. The van der Waals surface area contributed by atoms with Crippen LogP contribution in [0, 0.1) is 0 Å². The van der Waals surface area contributed by atoms with Gasteiger partial charge in [-0.15, -0.1) is 0 Å². The van der Waals surface area contributed by atoms with Crippen molar-refractivity contribution in [3.63, 3.8) is 0 Å². The molecule has 0 saturated carbocycles. The molecule has 0 amide bonds. The summed E-state index contributed by atoms with van der Waals surface area (Å²) in [5.41, 5.74) is 2.93. The Morgan fingerprint density at radius 2 is 1.82 bits per heavy atom. The summed E-state index contributed by atoms with van der Waals surface area (Å²) in [6.07, 6.45) is 0.600. The minimum Gasteiger partial charge on any atom is -0.391 e. The molecule has 0 saturated heterocycles. The SMILES string of the molecule is CCc1ccc(S(=O)(=O)N[C@@H]2c3ccccc3C[C@H]2O)cc1. The van der Waals surface area contributed by atoms with Gasteiger partial charge in [-0.1, -0.05) is 43.3 Å². The van der Waals surface area contributed by atoms with E-state index in [2.05, 4.69) is 4.72 Å². The number of aliphatic hydroxyl groups is 1.